The van der Waals surface area contributed by atoms with Crippen LogP contribution in [0.15, 0.2) is 40.9 Å². The number of pyridine rings is 1. The fraction of sp³-hybridized carbons (Fsp3) is 0.316. The molecule has 122 valence electrons. The van der Waals surface area contributed by atoms with Crippen molar-refractivity contribution in [2.45, 2.75) is 31.6 Å². The monoisotopic (exact) mass is 383 g/mol. The molecule has 1 amide bonds. The molecule has 2 aromatic rings. The van der Waals surface area contributed by atoms with Crippen LogP contribution in [0.5, 0.6) is 0 Å². The predicted octanol–water partition coefficient (Wildman–Crippen LogP) is 3.88. The number of nitriles is 1. The number of nitrogens with one attached hydrogen (secondary N) is 1. The molecule has 0 aliphatic heterocycles. The summed E-state index contributed by atoms with van der Waals surface area (Å²) in [6, 6.07) is 13.6. The van der Waals surface area contributed by atoms with E-state index in [0.29, 0.717) is 23.5 Å². The first-order chi connectivity index (χ1) is 11.5. The molecular formula is C19H18BrN3O. The van der Waals surface area contributed by atoms with E-state index in [1.165, 1.54) is 12.0 Å². The predicted molar refractivity (Wildman–Crippen MR) is 95.7 cm³/mol. The van der Waals surface area contributed by atoms with Gasteiger partial charge in [-0.1, -0.05) is 34.5 Å². The SMILES string of the molecule is Cc1nc(C(=O)NCC2(c3cccc(Br)c3)CCC2)ccc1C#N. The van der Waals surface area contributed by atoms with Gasteiger partial charge in [0.05, 0.1) is 11.3 Å². The van der Waals surface area contributed by atoms with Crippen LogP contribution in [-0.4, -0.2) is 17.4 Å². The van der Waals surface area contributed by atoms with Crippen molar-refractivity contribution in [3.05, 3.63) is 63.4 Å². The third kappa shape index (κ3) is 3.20. The van der Waals surface area contributed by atoms with Crippen molar-refractivity contribution >= 4 is 21.8 Å². The van der Waals surface area contributed by atoms with E-state index in [-0.39, 0.29) is 11.3 Å². The first-order valence-electron chi connectivity index (χ1n) is 7.96. The van der Waals surface area contributed by atoms with Crippen LogP contribution in [0.1, 0.15) is 46.6 Å². The second-order valence-corrected chi connectivity index (χ2v) is 7.18. The number of rotatable bonds is 4. The first kappa shape index (κ1) is 16.7. The van der Waals surface area contributed by atoms with Gasteiger partial charge >= 0.3 is 0 Å². The lowest BCUT2D eigenvalue weighted by Crippen LogP contribution is -2.45. The van der Waals surface area contributed by atoms with Crippen molar-refractivity contribution in [1.82, 2.24) is 10.3 Å². The highest BCUT2D eigenvalue weighted by Crippen LogP contribution is 2.43. The minimum Gasteiger partial charge on any atom is -0.350 e. The van der Waals surface area contributed by atoms with Gasteiger partial charge in [-0.3, -0.25) is 4.79 Å². The van der Waals surface area contributed by atoms with Gasteiger partial charge in [-0.2, -0.15) is 5.26 Å². The third-order valence-corrected chi connectivity index (χ3v) is 5.27. The van der Waals surface area contributed by atoms with Crippen LogP contribution >= 0.6 is 15.9 Å². The molecule has 1 saturated carbocycles. The van der Waals surface area contributed by atoms with E-state index in [2.05, 4.69) is 44.4 Å². The topological polar surface area (TPSA) is 65.8 Å². The summed E-state index contributed by atoms with van der Waals surface area (Å²) in [6.45, 7) is 2.34. The Hall–Kier alpha value is -2.19. The Labute approximate surface area is 150 Å². The van der Waals surface area contributed by atoms with Crippen molar-refractivity contribution in [2.75, 3.05) is 6.54 Å². The second kappa shape index (κ2) is 6.74. The molecule has 1 aliphatic carbocycles. The van der Waals surface area contributed by atoms with Gasteiger partial charge in [-0.15, -0.1) is 0 Å². The molecule has 0 saturated heterocycles. The fourth-order valence-electron chi connectivity index (χ4n) is 3.14. The van der Waals surface area contributed by atoms with Crippen molar-refractivity contribution in [1.29, 1.82) is 5.26 Å². The molecule has 0 atom stereocenters. The van der Waals surface area contributed by atoms with Crippen molar-refractivity contribution in [3.8, 4) is 6.07 Å². The van der Waals surface area contributed by atoms with Gasteiger partial charge in [0.1, 0.15) is 11.8 Å². The average Bonchev–Trinajstić information content (AvgIpc) is 2.53. The fourth-order valence-corrected chi connectivity index (χ4v) is 3.53. The van der Waals surface area contributed by atoms with Crippen LogP contribution < -0.4 is 5.32 Å². The zero-order valence-electron chi connectivity index (χ0n) is 13.5. The maximum atomic E-state index is 12.4. The quantitative estimate of drug-likeness (QED) is 0.870. The Morgan fingerprint density at radius 2 is 2.17 bits per heavy atom. The molecule has 1 aromatic carbocycles. The molecule has 0 bridgehead atoms. The summed E-state index contributed by atoms with van der Waals surface area (Å²) in [5.74, 6) is -0.191. The number of aromatic nitrogens is 1. The minimum atomic E-state index is -0.191. The zero-order chi connectivity index (χ0) is 17.2. The normalized spacial score (nSPS) is 15.2. The maximum Gasteiger partial charge on any atom is 0.269 e. The molecule has 1 aliphatic rings. The number of hydrogen-bond acceptors (Lipinski definition) is 3. The lowest BCUT2D eigenvalue weighted by atomic mass is 9.64. The smallest absolute Gasteiger partial charge is 0.269 e. The summed E-state index contributed by atoms with van der Waals surface area (Å²) in [6.07, 6.45) is 3.32. The molecule has 1 heterocycles. The summed E-state index contributed by atoms with van der Waals surface area (Å²) < 4.78 is 1.06. The molecule has 4 nitrogen and oxygen atoms in total. The van der Waals surface area contributed by atoms with Crippen LogP contribution in [0.3, 0.4) is 0 Å². The third-order valence-electron chi connectivity index (χ3n) is 4.77. The van der Waals surface area contributed by atoms with Crippen LogP contribution in [0.4, 0.5) is 0 Å². The van der Waals surface area contributed by atoms with Gasteiger partial charge in [0.2, 0.25) is 0 Å². The Balaban J connectivity index is 1.73. The standard InChI is InChI=1S/C19H18BrN3O/c1-13-14(11-21)6-7-17(23-13)18(24)22-12-19(8-3-9-19)15-4-2-5-16(20)10-15/h2,4-7,10H,3,8-9,12H2,1H3,(H,22,24). The number of carbonyl (C=O) groups excluding carboxylic acids is 1. The molecule has 0 spiro atoms. The number of aryl methyl sites for hydroxylation is 1. The molecule has 3 rings (SSSR count). The maximum absolute atomic E-state index is 12.4. The highest BCUT2D eigenvalue weighted by atomic mass is 79.9. The van der Waals surface area contributed by atoms with E-state index in [1.54, 1.807) is 19.1 Å². The molecule has 5 heteroatoms. The van der Waals surface area contributed by atoms with Crippen molar-refractivity contribution in [2.24, 2.45) is 0 Å². The molecule has 0 unspecified atom stereocenters. The van der Waals surface area contributed by atoms with Gasteiger partial charge in [-0.05, 0) is 49.6 Å². The van der Waals surface area contributed by atoms with E-state index in [4.69, 9.17) is 5.26 Å². The van der Waals surface area contributed by atoms with Crippen LogP contribution in [0, 0.1) is 18.3 Å². The summed E-state index contributed by atoms with van der Waals surface area (Å²) in [5, 5.41) is 12.0. The van der Waals surface area contributed by atoms with Crippen LogP contribution in [0.25, 0.3) is 0 Å². The van der Waals surface area contributed by atoms with Gasteiger partial charge < -0.3 is 5.32 Å². The molecule has 1 aromatic heterocycles. The van der Waals surface area contributed by atoms with Gasteiger partial charge in [0, 0.05) is 16.4 Å². The Bertz CT molecular complexity index is 822. The zero-order valence-corrected chi connectivity index (χ0v) is 15.1. The molecular weight excluding hydrogens is 366 g/mol. The van der Waals surface area contributed by atoms with Crippen molar-refractivity contribution < 1.29 is 4.79 Å². The number of hydrogen-bond donors (Lipinski definition) is 1. The Morgan fingerprint density at radius 1 is 1.38 bits per heavy atom. The largest absolute Gasteiger partial charge is 0.350 e. The number of halogens is 1. The van der Waals surface area contributed by atoms with E-state index >= 15 is 0 Å². The summed E-state index contributed by atoms with van der Waals surface area (Å²) >= 11 is 3.52. The second-order valence-electron chi connectivity index (χ2n) is 6.27. The summed E-state index contributed by atoms with van der Waals surface area (Å²) in [4.78, 5) is 16.6. The lowest BCUT2D eigenvalue weighted by molar-refractivity contribution is 0.0922. The van der Waals surface area contributed by atoms with Crippen LogP contribution in [0.2, 0.25) is 0 Å². The Morgan fingerprint density at radius 3 is 2.75 bits per heavy atom. The van der Waals surface area contributed by atoms with E-state index in [0.717, 1.165) is 17.3 Å². The lowest BCUT2D eigenvalue weighted by Gasteiger charge is -2.42. The number of benzene rings is 1. The highest BCUT2D eigenvalue weighted by Gasteiger charge is 2.39. The first-order valence-corrected chi connectivity index (χ1v) is 8.75. The summed E-state index contributed by atoms with van der Waals surface area (Å²) in [5.41, 5.74) is 2.70. The number of amides is 1. The molecule has 24 heavy (non-hydrogen) atoms. The van der Waals surface area contributed by atoms with Gasteiger partial charge in [-0.25, -0.2) is 4.98 Å². The summed E-state index contributed by atoms with van der Waals surface area (Å²) in [7, 11) is 0. The average molecular weight is 384 g/mol. The number of nitrogens with zero attached hydrogens (tertiary/aromatic N) is 2. The van der Waals surface area contributed by atoms with Crippen LogP contribution in [-0.2, 0) is 5.41 Å². The van der Waals surface area contributed by atoms with E-state index < -0.39 is 0 Å². The van der Waals surface area contributed by atoms with Gasteiger partial charge in [0.25, 0.3) is 5.91 Å². The number of carbonyl (C=O) groups is 1. The van der Waals surface area contributed by atoms with Crippen molar-refractivity contribution in [3.63, 3.8) is 0 Å². The Kier molecular flexibility index (Phi) is 4.68. The van der Waals surface area contributed by atoms with E-state index in [1.807, 2.05) is 12.1 Å². The minimum absolute atomic E-state index is 0.0150. The highest BCUT2D eigenvalue weighted by molar-refractivity contribution is 9.10. The molecule has 1 N–H and O–H groups in total. The van der Waals surface area contributed by atoms with E-state index in [9.17, 15) is 4.79 Å². The molecule has 0 radical (unpaired) electrons. The van der Waals surface area contributed by atoms with Gasteiger partial charge in [0.15, 0.2) is 0 Å². The molecule has 1 fully saturated rings.